The lowest BCUT2D eigenvalue weighted by atomic mass is 10.4. The molecule has 88 valence electrons. The van der Waals surface area contributed by atoms with Crippen LogP contribution >= 0.6 is 0 Å². The van der Waals surface area contributed by atoms with Crippen LogP contribution in [-0.2, 0) is 30.1 Å². The molecular formula is C6H10O7S2. The van der Waals surface area contributed by atoms with Crippen molar-refractivity contribution >= 4 is 21.8 Å². The molecule has 2 N–H and O–H groups in total. The third-order valence-corrected chi connectivity index (χ3v) is 1.83. The summed E-state index contributed by atoms with van der Waals surface area (Å²) in [4.78, 5) is 0. The Hall–Kier alpha value is -0.500. The van der Waals surface area contributed by atoms with Crippen molar-refractivity contribution in [2.45, 2.75) is 12.8 Å². The summed E-state index contributed by atoms with van der Waals surface area (Å²) in [5, 5.41) is 0. The summed E-state index contributed by atoms with van der Waals surface area (Å²) in [5.41, 5.74) is 0. The SMILES string of the molecule is O=S(O)OCCC#CCCOS(=O)(=O)O. The topological polar surface area (TPSA) is 110 Å². The molecule has 0 bridgehead atoms. The molecule has 0 spiro atoms. The van der Waals surface area contributed by atoms with Crippen LogP contribution in [0.5, 0.6) is 0 Å². The predicted octanol–water partition coefficient (Wildman–Crippen LogP) is -0.257. The van der Waals surface area contributed by atoms with Gasteiger partial charge in [0.05, 0.1) is 13.2 Å². The van der Waals surface area contributed by atoms with Crippen LogP contribution in [0.3, 0.4) is 0 Å². The van der Waals surface area contributed by atoms with E-state index in [0.717, 1.165) is 0 Å². The quantitative estimate of drug-likeness (QED) is 0.292. The Morgan fingerprint density at radius 2 is 1.73 bits per heavy atom. The highest BCUT2D eigenvalue weighted by Crippen LogP contribution is 1.88. The van der Waals surface area contributed by atoms with Crippen molar-refractivity contribution in [1.29, 1.82) is 0 Å². The normalized spacial score (nSPS) is 12.9. The summed E-state index contributed by atoms with van der Waals surface area (Å²) in [6.07, 6.45) is 0.375. The van der Waals surface area contributed by atoms with Crippen molar-refractivity contribution in [3.05, 3.63) is 0 Å². The molecule has 0 saturated heterocycles. The molecule has 1 unspecified atom stereocenters. The fourth-order valence-corrected chi connectivity index (χ4v) is 1.06. The van der Waals surface area contributed by atoms with E-state index in [9.17, 15) is 12.6 Å². The van der Waals surface area contributed by atoms with Gasteiger partial charge in [0.2, 0.25) is 0 Å². The Morgan fingerprint density at radius 1 is 1.20 bits per heavy atom. The molecule has 15 heavy (non-hydrogen) atoms. The summed E-state index contributed by atoms with van der Waals surface area (Å²) in [6, 6.07) is 0. The summed E-state index contributed by atoms with van der Waals surface area (Å²) in [7, 11) is -4.40. The number of rotatable bonds is 6. The molecule has 0 aromatic rings. The van der Waals surface area contributed by atoms with E-state index in [0.29, 0.717) is 0 Å². The highest BCUT2D eigenvalue weighted by Gasteiger charge is 2.01. The molecule has 0 radical (unpaired) electrons. The molecule has 0 amide bonds. The maximum atomic E-state index is 10.0. The van der Waals surface area contributed by atoms with Crippen molar-refractivity contribution in [2.24, 2.45) is 0 Å². The molecule has 0 aliphatic rings. The van der Waals surface area contributed by atoms with Crippen molar-refractivity contribution in [3.8, 4) is 11.8 Å². The third kappa shape index (κ3) is 13.5. The zero-order chi connectivity index (χ0) is 11.7. The Labute approximate surface area is 90.2 Å². The van der Waals surface area contributed by atoms with Crippen molar-refractivity contribution in [3.63, 3.8) is 0 Å². The van der Waals surface area contributed by atoms with Crippen LogP contribution in [0, 0.1) is 11.8 Å². The van der Waals surface area contributed by atoms with Crippen LogP contribution in [0.4, 0.5) is 0 Å². The highest BCUT2D eigenvalue weighted by atomic mass is 32.3. The average molecular weight is 258 g/mol. The minimum Gasteiger partial charge on any atom is -0.284 e. The van der Waals surface area contributed by atoms with Crippen LogP contribution in [0.25, 0.3) is 0 Å². The molecule has 7 nitrogen and oxygen atoms in total. The van der Waals surface area contributed by atoms with Gasteiger partial charge in [0.15, 0.2) is 0 Å². The fraction of sp³-hybridized carbons (Fsp3) is 0.667. The lowest BCUT2D eigenvalue weighted by molar-refractivity contribution is 0.275. The molecule has 0 aliphatic heterocycles. The molecule has 0 saturated carbocycles. The van der Waals surface area contributed by atoms with Gasteiger partial charge in [0, 0.05) is 12.8 Å². The van der Waals surface area contributed by atoms with Gasteiger partial charge in [0.25, 0.3) is 0 Å². The summed E-state index contributed by atoms with van der Waals surface area (Å²) in [6.45, 7) is -0.228. The van der Waals surface area contributed by atoms with E-state index in [4.69, 9.17) is 9.11 Å². The highest BCUT2D eigenvalue weighted by molar-refractivity contribution is 7.80. The van der Waals surface area contributed by atoms with E-state index >= 15 is 0 Å². The second-order valence-corrected chi connectivity index (χ2v) is 3.90. The van der Waals surface area contributed by atoms with E-state index in [1.54, 1.807) is 0 Å². The van der Waals surface area contributed by atoms with Crippen LogP contribution in [0.2, 0.25) is 0 Å². The van der Waals surface area contributed by atoms with E-state index < -0.39 is 21.8 Å². The standard InChI is InChI=1S/C6H10O7S2/c7-14(8)12-5-3-1-2-4-6-13-15(9,10)11/h3-6H2,(H,7,8)(H,9,10,11). The molecular weight excluding hydrogens is 248 g/mol. The largest absolute Gasteiger partial charge is 0.397 e. The minimum atomic E-state index is -4.40. The zero-order valence-corrected chi connectivity index (χ0v) is 9.21. The lowest BCUT2D eigenvalue weighted by Crippen LogP contribution is -2.04. The number of hydrogen-bond donors (Lipinski definition) is 2. The first-order chi connectivity index (χ1) is 6.92. The molecule has 0 aromatic heterocycles. The molecule has 0 rings (SSSR count). The summed E-state index contributed by atoms with van der Waals surface area (Å²) >= 11 is -2.29. The summed E-state index contributed by atoms with van der Waals surface area (Å²) in [5.74, 6) is 5.07. The van der Waals surface area contributed by atoms with Gasteiger partial charge in [-0.05, 0) is 0 Å². The van der Waals surface area contributed by atoms with Gasteiger partial charge in [-0.15, -0.1) is 11.8 Å². The van der Waals surface area contributed by atoms with Crippen molar-refractivity contribution in [1.82, 2.24) is 0 Å². The zero-order valence-electron chi connectivity index (χ0n) is 7.58. The number of hydrogen-bond acceptors (Lipinski definition) is 5. The van der Waals surface area contributed by atoms with Gasteiger partial charge in [-0.1, -0.05) is 0 Å². The van der Waals surface area contributed by atoms with Crippen molar-refractivity contribution in [2.75, 3.05) is 13.2 Å². The van der Waals surface area contributed by atoms with Gasteiger partial charge in [-0.2, -0.15) is 12.6 Å². The maximum Gasteiger partial charge on any atom is 0.397 e. The van der Waals surface area contributed by atoms with Crippen LogP contribution in [0.1, 0.15) is 12.8 Å². The smallest absolute Gasteiger partial charge is 0.284 e. The van der Waals surface area contributed by atoms with Crippen LogP contribution < -0.4 is 0 Å². The van der Waals surface area contributed by atoms with Gasteiger partial charge in [0.1, 0.15) is 0 Å². The monoisotopic (exact) mass is 258 g/mol. The second-order valence-electron chi connectivity index (χ2n) is 2.14. The lowest BCUT2D eigenvalue weighted by Gasteiger charge is -1.93. The predicted molar refractivity (Wildman–Crippen MR) is 51.2 cm³/mol. The Kier molecular flexibility index (Phi) is 7.49. The van der Waals surface area contributed by atoms with E-state index in [1.165, 1.54) is 0 Å². The first-order valence-corrected chi connectivity index (χ1v) is 6.13. The maximum absolute atomic E-state index is 10.0. The molecule has 0 heterocycles. The molecule has 0 aromatic carbocycles. The molecule has 9 heteroatoms. The van der Waals surface area contributed by atoms with Crippen LogP contribution in [-0.4, -0.2) is 34.9 Å². The van der Waals surface area contributed by atoms with Crippen LogP contribution in [0.15, 0.2) is 0 Å². The van der Waals surface area contributed by atoms with Gasteiger partial charge in [-0.25, -0.2) is 4.18 Å². The van der Waals surface area contributed by atoms with Crippen molar-refractivity contribution < 1.29 is 30.1 Å². The minimum absolute atomic E-state index is 0.00919. The summed E-state index contributed by atoms with van der Waals surface area (Å²) < 4.78 is 54.6. The molecule has 1 atom stereocenters. The first-order valence-electron chi connectivity index (χ1n) is 3.73. The van der Waals surface area contributed by atoms with Gasteiger partial charge >= 0.3 is 21.8 Å². The Bertz CT molecular complexity index is 349. The Morgan fingerprint density at radius 3 is 2.20 bits per heavy atom. The fourth-order valence-electron chi connectivity index (χ4n) is 0.539. The van der Waals surface area contributed by atoms with Gasteiger partial charge in [-0.3, -0.25) is 13.3 Å². The van der Waals surface area contributed by atoms with E-state index in [2.05, 4.69) is 20.2 Å². The van der Waals surface area contributed by atoms with Gasteiger partial charge < -0.3 is 0 Å². The second kappa shape index (κ2) is 7.75. The average Bonchev–Trinajstić information content (AvgIpc) is 2.07. The molecule has 0 fully saturated rings. The Balaban J connectivity index is 3.44. The third-order valence-electron chi connectivity index (χ3n) is 0.996. The first kappa shape index (κ1) is 14.5. The van der Waals surface area contributed by atoms with E-state index in [1.807, 2.05) is 0 Å². The molecule has 0 aliphatic carbocycles. The van der Waals surface area contributed by atoms with E-state index in [-0.39, 0.29) is 26.1 Å².